The number of rotatable bonds is 20. The molecule has 0 radical (unpaired) electrons. The summed E-state index contributed by atoms with van der Waals surface area (Å²) < 4.78 is 10.8. The normalized spacial score (nSPS) is 12.2. The van der Waals surface area contributed by atoms with Gasteiger partial charge in [-0.15, -0.1) is 0 Å². The van der Waals surface area contributed by atoms with E-state index in [0.29, 0.717) is 25.7 Å². The van der Waals surface area contributed by atoms with Gasteiger partial charge >= 0.3 is 6.09 Å². The van der Waals surface area contributed by atoms with Crippen molar-refractivity contribution in [1.29, 1.82) is 0 Å². The summed E-state index contributed by atoms with van der Waals surface area (Å²) >= 11 is 0. The Morgan fingerprint density at radius 1 is 0.976 bits per heavy atom. The summed E-state index contributed by atoms with van der Waals surface area (Å²) in [7, 11) is 2.84. The molecule has 0 aromatic heterocycles. The number of nitrogens with zero attached hydrogens (tertiary/aromatic N) is 1. The quantitative estimate of drug-likeness (QED) is 0.0652. The summed E-state index contributed by atoms with van der Waals surface area (Å²) in [4.78, 5) is 71.9. The maximum atomic E-state index is 13.1. The topological polar surface area (TPSA) is 160 Å². The minimum absolute atomic E-state index is 0.00248. The molecule has 0 rings (SSSR count). The second-order valence-corrected chi connectivity index (χ2v) is 10.1. The third-order valence-electron chi connectivity index (χ3n) is 5.52. The highest BCUT2D eigenvalue weighted by molar-refractivity contribution is 5.99. The molecule has 0 aliphatic heterocycles. The molecular formula is C29H46N4O8. The lowest BCUT2D eigenvalue weighted by molar-refractivity contribution is -0.136. The molecule has 0 fully saturated rings. The first kappa shape index (κ1) is 37.0. The van der Waals surface area contributed by atoms with Crippen LogP contribution in [-0.4, -0.2) is 86.7 Å². The molecule has 0 saturated carbocycles. The van der Waals surface area contributed by atoms with Crippen LogP contribution >= 0.6 is 0 Å². The molecule has 0 spiro atoms. The van der Waals surface area contributed by atoms with Gasteiger partial charge in [-0.3, -0.25) is 14.4 Å². The smallest absolute Gasteiger partial charge is 0.407 e. The summed E-state index contributed by atoms with van der Waals surface area (Å²) in [6.07, 6.45) is 8.94. The lowest BCUT2D eigenvalue weighted by Gasteiger charge is -2.27. The first-order valence-corrected chi connectivity index (χ1v) is 13.7. The molecule has 12 heteroatoms. The van der Waals surface area contributed by atoms with Crippen LogP contribution in [0, 0.1) is 0 Å². The van der Waals surface area contributed by atoms with Crippen LogP contribution < -0.4 is 16.0 Å². The van der Waals surface area contributed by atoms with Gasteiger partial charge in [0, 0.05) is 40.0 Å². The van der Waals surface area contributed by atoms with Gasteiger partial charge in [-0.2, -0.15) is 0 Å². The van der Waals surface area contributed by atoms with Crippen molar-refractivity contribution in [1.82, 2.24) is 20.9 Å². The fourth-order valence-electron chi connectivity index (χ4n) is 3.41. The number of carbonyl (C=O) groups is 6. The minimum Gasteiger partial charge on any atom is -0.483 e. The molecule has 4 amide bonds. The number of carbonyl (C=O) groups excluding carboxylic acids is 6. The molecule has 3 N–H and O–H groups in total. The van der Waals surface area contributed by atoms with Gasteiger partial charge < -0.3 is 39.9 Å². The number of alkyl carbamates (subject to hydrolysis) is 1. The van der Waals surface area contributed by atoms with Gasteiger partial charge in [0.25, 0.3) is 11.8 Å². The zero-order valence-electron chi connectivity index (χ0n) is 25.0. The molecule has 0 heterocycles. The van der Waals surface area contributed by atoms with Crippen molar-refractivity contribution in [2.45, 2.75) is 77.4 Å². The van der Waals surface area contributed by atoms with Crippen molar-refractivity contribution >= 4 is 36.4 Å². The van der Waals surface area contributed by atoms with Gasteiger partial charge in [-0.25, -0.2) is 4.79 Å². The highest BCUT2D eigenvalue weighted by atomic mass is 16.6. The van der Waals surface area contributed by atoms with Crippen LogP contribution in [0.15, 0.2) is 36.1 Å². The summed E-state index contributed by atoms with van der Waals surface area (Å²) in [6, 6.07) is -0.905. The molecule has 0 aromatic carbocycles. The van der Waals surface area contributed by atoms with Crippen molar-refractivity contribution in [2.24, 2.45) is 0 Å². The molecule has 230 valence electrons. The van der Waals surface area contributed by atoms with Crippen molar-refractivity contribution in [3.8, 4) is 0 Å². The molecule has 1 atom stereocenters. The molecule has 0 saturated heterocycles. The predicted molar refractivity (Wildman–Crippen MR) is 155 cm³/mol. The number of amides is 4. The van der Waals surface area contributed by atoms with Crippen LogP contribution in [0.2, 0.25) is 0 Å². The van der Waals surface area contributed by atoms with E-state index in [1.165, 1.54) is 31.1 Å². The molecule has 12 nitrogen and oxygen atoms in total. The van der Waals surface area contributed by atoms with Crippen LogP contribution in [0.4, 0.5) is 4.79 Å². The Balaban J connectivity index is 4.83. The van der Waals surface area contributed by atoms with Crippen molar-refractivity contribution in [3.63, 3.8) is 0 Å². The first-order valence-electron chi connectivity index (χ1n) is 13.7. The fraction of sp³-hybridized carbons (Fsp3) is 0.586. The zero-order chi connectivity index (χ0) is 31.3. The monoisotopic (exact) mass is 578 g/mol. The van der Waals surface area contributed by atoms with Crippen LogP contribution in [0.25, 0.3) is 0 Å². The lowest BCUT2D eigenvalue weighted by atomic mass is 10.1. The van der Waals surface area contributed by atoms with Crippen molar-refractivity contribution in [2.75, 3.05) is 33.8 Å². The minimum atomic E-state index is -0.905. The predicted octanol–water partition coefficient (Wildman–Crippen LogP) is 2.34. The summed E-state index contributed by atoms with van der Waals surface area (Å²) in [6.45, 7) is 9.73. The number of likely N-dealkylation sites (N-methyl/N-ethyl adjacent to an activating group) is 2. The molecular weight excluding hydrogens is 532 g/mol. The number of hydrogen-bond acceptors (Lipinski definition) is 8. The largest absolute Gasteiger partial charge is 0.483 e. The van der Waals surface area contributed by atoms with E-state index in [1.54, 1.807) is 26.8 Å². The number of ether oxygens (including phenoxy) is 2. The Bertz CT molecular complexity index is 953. The molecule has 1 unspecified atom stereocenters. The zero-order valence-corrected chi connectivity index (χ0v) is 25.0. The van der Waals surface area contributed by atoms with Gasteiger partial charge in [-0.05, 0) is 46.1 Å². The van der Waals surface area contributed by atoms with Crippen LogP contribution in [0.1, 0.15) is 65.7 Å². The number of nitrogens with one attached hydrogen (secondary N) is 3. The Kier molecular flexibility index (Phi) is 18.9. The maximum Gasteiger partial charge on any atom is 0.407 e. The second-order valence-electron chi connectivity index (χ2n) is 10.1. The van der Waals surface area contributed by atoms with E-state index in [-0.39, 0.29) is 37.2 Å². The number of unbranched alkanes of at least 4 members (excludes halogenated alkanes) is 3. The van der Waals surface area contributed by atoms with Crippen LogP contribution in [0.5, 0.6) is 0 Å². The lowest BCUT2D eigenvalue weighted by Crippen LogP contribution is -2.47. The highest BCUT2D eigenvalue weighted by Crippen LogP contribution is 2.16. The van der Waals surface area contributed by atoms with E-state index >= 15 is 0 Å². The molecule has 0 bridgehead atoms. The van der Waals surface area contributed by atoms with Crippen molar-refractivity contribution in [3.05, 3.63) is 36.1 Å². The van der Waals surface area contributed by atoms with Gasteiger partial charge in [-0.1, -0.05) is 31.6 Å². The second kappa shape index (κ2) is 20.9. The van der Waals surface area contributed by atoms with Crippen LogP contribution in [-0.2, 0) is 33.4 Å². The van der Waals surface area contributed by atoms with Gasteiger partial charge in [0.15, 0.2) is 6.61 Å². The van der Waals surface area contributed by atoms with Gasteiger partial charge in [0.05, 0.1) is 5.57 Å². The average Bonchev–Trinajstić information content (AvgIpc) is 2.92. The number of hydrogen-bond donors (Lipinski definition) is 3. The first-order chi connectivity index (χ1) is 19.4. The molecule has 0 aromatic rings. The molecule has 0 aliphatic carbocycles. The van der Waals surface area contributed by atoms with Gasteiger partial charge in [0.1, 0.15) is 30.0 Å². The summed E-state index contributed by atoms with van der Waals surface area (Å²) in [5.74, 6) is -1.46. The molecule has 41 heavy (non-hydrogen) atoms. The Hall–Kier alpha value is -3.96. The summed E-state index contributed by atoms with van der Waals surface area (Å²) in [5.41, 5.74) is -0.640. The van der Waals surface area contributed by atoms with E-state index in [2.05, 4.69) is 22.5 Å². The third-order valence-corrected chi connectivity index (χ3v) is 5.52. The Labute approximate surface area is 242 Å². The van der Waals surface area contributed by atoms with E-state index in [0.717, 1.165) is 25.7 Å². The van der Waals surface area contributed by atoms with Gasteiger partial charge in [0.2, 0.25) is 5.91 Å². The van der Waals surface area contributed by atoms with Crippen molar-refractivity contribution < 1.29 is 38.2 Å². The van der Waals surface area contributed by atoms with E-state index < -0.39 is 35.5 Å². The SMILES string of the molecule is C=C(C(=O)N(C)C(CCC=O)C(=O)NC)/C(=C\C=C/CC=O)OCC(=O)NCCCCCCNC(=O)OC(C)(C)C. The van der Waals surface area contributed by atoms with E-state index in [1.807, 2.05) is 0 Å². The standard InChI is InChI=1S/C29H46N4O8/c1-22(27(38)33(6)23(15-14-20-35)26(37)30-5)24(16-10-9-13-19-34)40-21-25(36)31-17-11-7-8-12-18-32-28(39)41-29(2,3)4/h9-10,16,19-20,23H,1,7-8,11-15,17-18,21H2,2-6H3,(H,30,37)(H,31,36)(H,32,39)/b10-9-,24-16+. The fourth-order valence-corrected chi connectivity index (χ4v) is 3.41. The number of allylic oxidation sites excluding steroid dienone is 3. The highest BCUT2D eigenvalue weighted by Gasteiger charge is 2.28. The Morgan fingerprint density at radius 3 is 2.17 bits per heavy atom. The third kappa shape index (κ3) is 17.4. The van der Waals surface area contributed by atoms with E-state index in [9.17, 15) is 28.8 Å². The molecule has 0 aliphatic rings. The average molecular weight is 579 g/mol. The van der Waals surface area contributed by atoms with E-state index in [4.69, 9.17) is 9.47 Å². The summed E-state index contributed by atoms with van der Waals surface area (Å²) in [5, 5.41) is 7.92. The van der Waals surface area contributed by atoms with Crippen LogP contribution in [0.3, 0.4) is 0 Å². The maximum absolute atomic E-state index is 13.1. The Morgan fingerprint density at radius 2 is 1.61 bits per heavy atom. The number of aldehydes is 2.